The van der Waals surface area contributed by atoms with Gasteiger partial charge in [-0.15, -0.1) is 0 Å². The zero-order valence-corrected chi connectivity index (χ0v) is 10.7. The third kappa shape index (κ3) is 2.50. The predicted octanol–water partition coefficient (Wildman–Crippen LogP) is 0.498. The number of carbonyl (C=O) groups is 2. The number of esters is 1. The molecule has 98 valence electrons. The Kier molecular flexibility index (Phi) is 3.34. The highest BCUT2D eigenvalue weighted by Crippen LogP contribution is 2.57. The van der Waals surface area contributed by atoms with E-state index in [1.165, 1.54) is 0 Å². The van der Waals surface area contributed by atoms with Crippen LogP contribution in [-0.2, 0) is 14.3 Å². The van der Waals surface area contributed by atoms with Crippen LogP contribution in [0.3, 0.4) is 0 Å². The minimum atomic E-state index is -1.09. The number of aliphatic carboxylic acids is 1. The lowest BCUT2D eigenvalue weighted by molar-refractivity contribution is -0.308. The summed E-state index contributed by atoms with van der Waals surface area (Å²) in [4.78, 5) is 22.3. The van der Waals surface area contributed by atoms with Crippen LogP contribution in [0, 0.1) is 29.1 Å². The maximum Gasteiger partial charge on any atom is 0.384 e. The van der Waals surface area contributed by atoms with E-state index in [9.17, 15) is 14.7 Å². The molecule has 2 unspecified atom stereocenters. The second-order valence-electron chi connectivity index (χ2n) is 5.68. The molecule has 0 amide bonds. The first kappa shape index (κ1) is 12.9. The summed E-state index contributed by atoms with van der Waals surface area (Å²) in [5.41, 5.74) is -0.403. The lowest BCUT2D eigenvalue weighted by Crippen LogP contribution is -2.26. The SMILES string of the molecule is CC1(C)C(C#CC(=O)OC2CCCC2)C1C(=O)[O-]. The van der Waals surface area contributed by atoms with Crippen molar-refractivity contribution in [2.75, 3.05) is 0 Å². The van der Waals surface area contributed by atoms with Gasteiger partial charge in [-0.1, -0.05) is 19.8 Å². The van der Waals surface area contributed by atoms with Crippen LogP contribution < -0.4 is 5.11 Å². The number of carboxylic acids is 1. The Morgan fingerprint density at radius 1 is 1.28 bits per heavy atom. The fourth-order valence-electron chi connectivity index (χ4n) is 2.67. The third-order valence-electron chi connectivity index (χ3n) is 3.99. The molecular weight excluding hydrogens is 232 g/mol. The van der Waals surface area contributed by atoms with Crippen molar-refractivity contribution < 1.29 is 19.4 Å². The van der Waals surface area contributed by atoms with E-state index in [1.54, 1.807) is 0 Å². The van der Waals surface area contributed by atoms with E-state index in [2.05, 4.69) is 11.8 Å². The van der Waals surface area contributed by atoms with Gasteiger partial charge in [0.25, 0.3) is 0 Å². The largest absolute Gasteiger partial charge is 0.550 e. The minimum absolute atomic E-state index is 0.00375. The van der Waals surface area contributed by atoms with Crippen molar-refractivity contribution in [1.29, 1.82) is 0 Å². The maximum atomic E-state index is 11.5. The molecule has 2 rings (SSSR count). The highest BCUT2D eigenvalue weighted by Gasteiger charge is 2.57. The molecule has 0 heterocycles. The number of carbonyl (C=O) groups excluding carboxylic acids is 2. The highest BCUT2D eigenvalue weighted by molar-refractivity contribution is 5.89. The first-order chi connectivity index (χ1) is 8.43. The summed E-state index contributed by atoms with van der Waals surface area (Å²) in [6, 6.07) is 0. The third-order valence-corrected chi connectivity index (χ3v) is 3.99. The molecule has 0 radical (unpaired) electrons. The first-order valence-electron chi connectivity index (χ1n) is 6.36. The Labute approximate surface area is 107 Å². The Balaban J connectivity index is 1.88. The fraction of sp³-hybridized carbons (Fsp3) is 0.714. The molecule has 4 nitrogen and oxygen atoms in total. The molecule has 4 heteroatoms. The predicted molar refractivity (Wildman–Crippen MR) is 61.9 cm³/mol. The van der Waals surface area contributed by atoms with Gasteiger partial charge in [-0.05, 0) is 31.1 Å². The molecule has 0 aromatic rings. The molecule has 2 saturated carbocycles. The van der Waals surface area contributed by atoms with Crippen LogP contribution in [0.2, 0.25) is 0 Å². The van der Waals surface area contributed by atoms with E-state index >= 15 is 0 Å². The number of ether oxygens (including phenoxy) is 1. The molecule has 0 saturated heterocycles. The first-order valence-corrected chi connectivity index (χ1v) is 6.36. The lowest BCUT2D eigenvalue weighted by Gasteiger charge is -2.07. The number of rotatable bonds is 2. The van der Waals surface area contributed by atoms with E-state index in [0.29, 0.717) is 0 Å². The van der Waals surface area contributed by atoms with E-state index in [4.69, 9.17) is 4.74 Å². The number of carboxylic acid groups (broad SMARTS) is 1. The van der Waals surface area contributed by atoms with Crippen molar-refractivity contribution in [3.63, 3.8) is 0 Å². The lowest BCUT2D eigenvalue weighted by atomic mass is 10.1. The van der Waals surface area contributed by atoms with Crippen molar-refractivity contribution in [3.05, 3.63) is 0 Å². The van der Waals surface area contributed by atoms with Gasteiger partial charge >= 0.3 is 5.97 Å². The molecule has 0 aliphatic heterocycles. The van der Waals surface area contributed by atoms with Crippen molar-refractivity contribution in [3.8, 4) is 11.8 Å². The monoisotopic (exact) mass is 249 g/mol. The van der Waals surface area contributed by atoms with Gasteiger partial charge in [0.1, 0.15) is 6.10 Å². The van der Waals surface area contributed by atoms with Gasteiger partial charge in [0.2, 0.25) is 0 Å². The van der Waals surface area contributed by atoms with Gasteiger partial charge in [-0.3, -0.25) is 0 Å². The smallest absolute Gasteiger partial charge is 0.384 e. The summed E-state index contributed by atoms with van der Waals surface area (Å²) in [7, 11) is 0. The highest BCUT2D eigenvalue weighted by atomic mass is 16.5. The topological polar surface area (TPSA) is 66.4 Å². The van der Waals surface area contributed by atoms with Gasteiger partial charge in [-0.2, -0.15) is 0 Å². The van der Waals surface area contributed by atoms with Crippen molar-refractivity contribution in [2.24, 2.45) is 17.3 Å². The number of hydrogen-bond donors (Lipinski definition) is 0. The Hall–Kier alpha value is -1.50. The Morgan fingerprint density at radius 3 is 2.39 bits per heavy atom. The van der Waals surface area contributed by atoms with Gasteiger partial charge in [0.05, 0.1) is 0 Å². The van der Waals surface area contributed by atoms with E-state index < -0.39 is 23.3 Å². The quantitative estimate of drug-likeness (QED) is 0.406. The normalized spacial score (nSPS) is 29.2. The van der Waals surface area contributed by atoms with E-state index in [1.807, 2.05) is 13.8 Å². The minimum Gasteiger partial charge on any atom is -0.550 e. The van der Waals surface area contributed by atoms with Gasteiger partial charge in [-0.25, -0.2) is 4.79 Å². The zero-order chi connectivity index (χ0) is 13.3. The molecule has 2 aliphatic carbocycles. The average molecular weight is 249 g/mol. The van der Waals surface area contributed by atoms with E-state index in [-0.39, 0.29) is 12.0 Å². The van der Waals surface area contributed by atoms with E-state index in [0.717, 1.165) is 25.7 Å². The summed E-state index contributed by atoms with van der Waals surface area (Å²) >= 11 is 0. The Bertz CT molecular complexity index is 421. The zero-order valence-electron chi connectivity index (χ0n) is 10.7. The summed E-state index contributed by atoms with van der Waals surface area (Å²) in [6.45, 7) is 3.63. The molecule has 0 N–H and O–H groups in total. The van der Waals surface area contributed by atoms with Gasteiger partial charge < -0.3 is 14.6 Å². The van der Waals surface area contributed by atoms with Crippen LogP contribution in [0.4, 0.5) is 0 Å². The molecule has 2 atom stereocenters. The van der Waals surface area contributed by atoms with Crippen LogP contribution in [0.25, 0.3) is 0 Å². The second kappa shape index (κ2) is 4.64. The summed E-state index contributed by atoms with van der Waals surface area (Å²) in [6.07, 6.45) is 3.99. The van der Waals surface area contributed by atoms with Crippen LogP contribution in [0.1, 0.15) is 39.5 Å². The van der Waals surface area contributed by atoms with Crippen LogP contribution in [0.5, 0.6) is 0 Å². The molecule has 18 heavy (non-hydrogen) atoms. The maximum absolute atomic E-state index is 11.5. The molecular formula is C14H17O4-. The van der Waals surface area contributed by atoms with Crippen LogP contribution in [0.15, 0.2) is 0 Å². The summed E-state index contributed by atoms with van der Waals surface area (Å²) in [5, 5.41) is 10.8. The number of hydrogen-bond acceptors (Lipinski definition) is 4. The van der Waals surface area contributed by atoms with Gasteiger partial charge in [0.15, 0.2) is 0 Å². The van der Waals surface area contributed by atoms with Crippen LogP contribution in [-0.4, -0.2) is 18.0 Å². The van der Waals surface area contributed by atoms with Crippen molar-refractivity contribution >= 4 is 11.9 Å². The summed E-state index contributed by atoms with van der Waals surface area (Å²) < 4.78 is 5.18. The molecule has 0 aromatic carbocycles. The summed E-state index contributed by atoms with van der Waals surface area (Å²) in [5.74, 6) is 2.60. The molecule has 0 aromatic heterocycles. The van der Waals surface area contributed by atoms with Crippen molar-refractivity contribution in [2.45, 2.75) is 45.6 Å². The standard InChI is InChI=1S/C14H18O4/c1-14(2)10(12(14)13(16)17)7-8-11(15)18-9-5-3-4-6-9/h9-10,12H,3-6H2,1-2H3,(H,16,17)/p-1. The molecule has 0 spiro atoms. The molecule has 0 bridgehead atoms. The van der Waals surface area contributed by atoms with Gasteiger partial charge in [0, 0.05) is 23.7 Å². The second-order valence-corrected chi connectivity index (χ2v) is 5.68. The fourth-order valence-corrected chi connectivity index (χ4v) is 2.67. The molecule has 2 aliphatic rings. The Morgan fingerprint density at radius 2 is 1.89 bits per heavy atom. The van der Waals surface area contributed by atoms with Crippen molar-refractivity contribution in [1.82, 2.24) is 0 Å². The molecule has 2 fully saturated rings. The average Bonchev–Trinajstić information content (AvgIpc) is 2.63. The van der Waals surface area contributed by atoms with Crippen LogP contribution >= 0.6 is 0 Å².